The molecule has 9 heteroatoms. The number of amides is 3. The highest BCUT2D eigenvalue weighted by Gasteiger charge is 2.31. The molecular formula is C26H31N3O6. The van der Waals surface area contributed by atoms with E-state index >= 15 is 0 Å². The first kappa shape index (κ1) is 27.2. The summed E-state index contributed by atoms with van der Waals surface area (Å²) in [5, 5.41) is 7.64. The number of Topliss-reactive ketones (excluding diaryl/α,β-unsaturated/α-hetero) is 1. The first-order valence-electron chi connectivity index (χ1n) is 11.2. The van der Waals surface area contributed by atoms with E-state index in [1.165, 1.54) is 26.2 Å². The van der Waals surface area contributed by atoms with E-state index in [-0.39, 0.29) is 17.7 Å². The smallest absolute Gasteiger partial charge is 0.328 e. The highest BCUT2D eigenvalue weighted by molar-refractivity contribution is 6.44. The standard InChI is InChI=1S/C26H31N3O6/c1-15(2)22(24(32)28-21(26(34)35-5)14-18-9-7-6-8-10-18)29-25(33)23(31)19-13-16(3)11-12-20(19)27-17(4)30/h6-13,15,21-22H,14H2,1-5H3,(H,27,30)(H,28,32)(H,29,33)/t21-,22+/m1/s1. The van der Waals surface area contributed by atoms with E-state index in [1.54, 1.807) is 26.8 Å². The maximum atomic E-state index is 13.1. The Bertz CT molecular complexity index is 1100. The summed E-state index contributed by atoms with van der Waals surface area (Å²) in [7, 11) is 1.22. The number of carbonyl (C=O) groups excluding carboxylic acids is 5. The quantitative estimate of drug-likeness (QED) is 0.271. The third-order valence-corrected chi connectivity index (χ3v) is 5.26. The number of hydrogen-bond donors (Lipinski definition) is 3. The zero-order valence-corrected chi connectivity index (χ0v) is 20.5. The molecule has 0 fully saturated rings. The summed E-state index contributed by atoms with van der Waals surface area (Å²) in [5.74, 6) is -3.95. The van der Waals surface area contributed by atoms with Crippen molar-refractivity contribution in [1.82, 2.24) is 10.6 Å². The molecule has 0 radical (unpaired) electrons. The Morgan fingerprint density at radius 2 is 1.60 bits per heavy atom. The van der Waals surface area contributed by atoms with E-state index < -0.39 is 47.5 Å². The molecule has 3 amide bonds. The van der Waals surface area contributed by atoms with Crippen LogP contribution >= 0.6 is 0 Å². The highest BCUT2D eigenvalue weighted by atomic mass is 16.5. The number of nitrogens with one attached hydrogen (secondary N) is 3. The van der Waals surface area contributed by atoms with Crippen molar-refractivity contribution in [3.63, 3.8) is 0 Å². The molecule has 35 heavy (non-hydrogen) atoms. The van der Waals surface area contributed by atoms with Crippen molar-refractivity contribution >= 4 is 35.2 Å². The molecule has 2 aromatic carbocycles. The van der Waals surface area contributed by atoms with Crippen molar-refractivity contribution in [2.45, 2.75) is 46.2 Å². The molecule has 3 N–H and O–H groups in total. The molecule has 0 heterocycles. The van der Waals surface area contributed by atoms with E-state index in [9.17, 15) is 24.0 Å². The van der Waals surface area contributed by atoms with Crippen LogP contribution in [-0.4, -0.2) is 48.7 Å². The second-order valence-corrected chi connectivity index (χ2v) is 8.53. The molecule has 0 saturated heterocycles. The molecule has 0 saturated carbocycles. The van der Waals surface area contributed by atoms with Gasteiger partial charge >= 0.3 is 5.97 Å². The van der Waals surface area contributed by atoms with Gasteiger partial charge in [0.15, 0.2) is 0 Å². The summed E-state index contributed by atoms with van der Waals surface area (Å²) in [6.45, 7) is 6.44. The number of carbonyl (C=O) groups is 5. The van der Waals surface area contributed by atoms with E-state index in [4.69, 9.17) is 4.74 Å². The van der Waals surface area contributed by atoms with E-state index in [0.717, 1.165) is 11.1 Å². The molecule has 0 aromatic heterocycles. The summed E-state index contributed by atoms with van der Waals surface area (Å²) >= 11 is 0. The van der Waals surface area contributed by atoms with Gasteiger partial charge in [0.25, 0.3) is 11.7 Å². The van der Waals surface area contributed by atoms with E-state index in [0.29, 0.717) is 0 Å². The predicted octanol–water partition coefficient (Wildman–Crippen LogP) is 2.18. The Hall–Kier alpha value is -4.01. The molecule has 2 rings (SSSR count). The van der Waals surface area contributed by atoms with Gasteiger partial charge in [-0.2, -0.15) is 0 Å². The van der Waals surface area contributed by atoms with Crippen molar-refractivity contribution in [3.05, 3.63) is 65.2 Å². The van der Waals surface area contributed by atoms with Gasteiger partial charge in [0.2, 0.25) is 11.8 Å². The van der Waals surface area contributed by atoms with Crippen molar-refractivity contribution in [1.29, 1.82) is 0 Å². The summed E-state index contributed by atoms with van der Waals surface area (Å²) in [6, 6.07) is 11.7. The minimum Gasteiger partial charge on any atom is -0.467 e. The van der Waals surface area contributed by atoms with Crippen LogP contribution < -0.4 is 16.0 Å². The fraction of sp³-hybridized carbons (Fsp3) is 0.346. The van der Waals surface area contributed by atoms with Crippen LogP contribution in [-0.2, 0) is 30.3 Å². The average Bonchev–Trinajstić information content (AvgIpc) is 2.82. The summed E-state index contributed by atoms with van der Waals surface area (Å²) in [6.07, 6.45) is 0.195. The monoisotopic (exact) mass is 481 g/mol. The fourth-order valence-electron chi connectivity index (χ4n) is 3.46. The van der Waals surface area contributed by atoms with Gasteiger partial charge in [-0.15, -0.1) is 0 Å². The van der Waals surface area contributed by atoms with Crippen LogP contribution in [0.15, 0.2) is 48.5 Å². The third kappa shape index (κ3) is 7.77. The lowest BCUT2D eigenvalue weighted by Gasteiger charge is -2.24. The minimum atomic E-state index is -1.09. The van der Waals surface area contributed by atoms with Gasteiger partial charge in [0.1, 0.15) is 12.1 Å². The number of ketones is 1. The molecule has 0 spiro atoms. The average molecular weight is 482 g/mol. The largest absolute Gasteiger partial charge is 0.467 e. The van der Waals surface area contributed by atoms with E-state index in [2.05, 4.69) is 16.0 Å². The van der Waals surface area contributed by atoms with Crippen molar-refractivity contribution < 1.29 is 28.7 Å². The molecule has 0 bridgehead atoms. The Labute approximate surface area is 204 Å². The molecule has 186 valence electrons. The summed E-state index contributed by atoms with van der Waals surface area (Å²) in [4.78, 5) is 62.6. The van der Waals surface area contributed by atoms with Crippen LogP contribution in [0.3, 0.4) is 0 Å². The van der Waals surface area contributed by atoms with Crippen molar-refractivity contribution in [2.75, 3.05) is 12.4 Å². The summed E-state index contributed by atoms with van der Waals surface area (Å²) < 4.78 is 4.83. The van der Waals surface area contributed by atoms with Crippen LogP contribution in [0, 0.1) is 12.8 Å². The maximum absolute atomic E-state index is 13.1. The topological polar surface area (TPSA) is 131 Å². The lowest BCUT2D eigenvalue weighted by atomic mass is 10.00. The zero-order valence-electron chi connectivity index (χ0n) is 20.5. The van der Waals surface area contributed by atoms with Crippen LogP contribution in [0.25, 0.3) is 0 Å². The number of ether oxygens (including phenoxy) is 1. The molecule has 0 aliphatic rings. The molecular weight excluding hydrogens is 450 g/mol. The summed E-state index contributed by atoms with van der Waals surface area (Å²) in [5.41, 5.74) is 1.74. The van der Waals surface area contributed by atoms with Crippen LogP contribution in [0.1, 0.15) is 42.3 Å². The van der Waals surface area contributed by atoms with E-state index in [1.807, 2.05) is 30.3 Å². The van der Waals surface area contributed by atoms with Gasteiger partial charge in [0, 0.05) is 13.3 Å². The zero-order chi connectivity index (χ0) is 26.1. The molecule has 2 atom stereocenters. The van der Waals surface area contributed by atoms with Gasteiger partial charge in [-0.05, 0) is 30.5 Å². The highest BCUT2D eigenvalue weighted by Crippen LogP contribution is 2.19. The Morgan fingerprint density at radius 1 is 0.943 bits per heavy atom. The maximum Gasteiger partial charge on any atom is 0.328 e. The Kier molecular flexibility index (Phi) is 9.69. The first-order chi connectivity index (χ1) is 16.5. The number of anilines is 1. The number of methoxy groups -OCH3 is 1. The normalized spacial score (nSPS) is 12.3. The molecule has 0 aliphatic carbocycles. The molecule has 0 unspecified atom stereocenters. The predicted molar refractivity (Wildman–Crippen MR) is 131 cm³/mol. The van der Waals surface area contributed by atoms with Gasteiger partial charge in [-0.3, -0.25) is 19.2 Å². The number of esters is 1. The van der Waals surface area contributed by atoms with Crippen molar-refractivity contribution in [3.8, 4) is 0 Å². The van der Waals surface area contributed by atoms with Crippen LogP contribution in [0.4, 0.5) is 5.69 Å². The fourth-order valence-corrected chi connectivity index (χ4v) is 3.46. The second-order valence-electron chi connectivity index (χ2n) is 8.53. The molecule has 0 aliphatic heterocycles. The number of aryl methyl sites for hydroxylation is 1. The number of hydrogen-bond acceptors (Lipinski definition) is 6. The first-order valence-corrected chi connectivity index (χ1v) is 11.2. The Balaban J connectivity index is 2.21. The van der Waals surface area contributed by atoms with Gasteiger partial charge in [-0.25, -0.2) is 4.79 Å². The number of benzene rings is 2. The Morgan fingerprint density at radius 3 is 2.17 bits per heavy atom. The molecule has 9 nitrogen and oxygen atoms in total. The lowest BCUT2D eigenvalue weighted by Crippen LogP contribution is -2.55. The van der Waals surface area contributed by atoms with Crippen LogP contribution in [0.2, 0.25) is 0 Å². The molecule has 2 aromatic rings. The number of rotatable bonds is 10. The van der Waals surface area contributed by atoms with Gasteiger partial charge in [0.05, 0.1) is 18.4 Å². The minimum absolute atomic E-state index is 0.0112. The SMILES string of the molecule is COC(=O)[C@@H](Cc1ccccc1)NC(=O)[C@@H](NC(=O)C(=O)c1cc(C)ccc1NC(C)=O)C(C)C. The second kappa shape index (κ2) is 12.5. The van der Waals surface area contributed by atoms with Crippen LogP contribution in [0.5, 0.6) is 0 Å². The third-order valence-electron chi connectivity index (χ3n) is 5.26. The van der Waals surface area contributed by atoms with Crippen molar-refractivity contribution in [2.24, 2.45) is 5.92 Å². The lowest BCUT2D eigenvalue weighted by molar-refractivity contribution is -0.145. The van der Waals surface area contributed by atoms with Gasteiger partial charge in [-0.1, -0.05) is 55.8 Å². The van der Waals surface area contributed by atoms with Gasteiger partial charge < -0.3 is 20.7 Å².